The van der Waals surface area contributed by atoms with Crippen LogP contribution in [0.3, 0.4) is 0 Å². The van der Waals surface area contributed by atoms with Crippen LogP contribution in [-0.4, -0.2) is 41.0 Å². The molecule has 0 amide bonds. The van der Waals surface area contributed by atoms with Crippen LogP contribution in [0.4, 0.5) is 10.1 Å². The Hall–Kier alpha value is -2.24. The van der Waals surface area contributed by atoms with Crippen LogP contribution < -0.4 is 5.73 Å². The second-order valence-corrected chi connectivity index (χ2v) is 7.99. The number of hydrogen-bond acceptors (Lipinski definition) is 4. The number of aryl methyl sites for hydroxylation is 1. The van der Waals surface area contributed by atoms with Crippen molar-refractivity contribution in [2.45, 2.75) is 44.6 Å². The summed E-state index contributed by atoms with van der Waals surface area (Å²) in [6.45, 7) is 4.53. The first-order chi connectivity index (χ1) is 13.3. The van der Waals surface area contributed by atoms with E-state index < -0.39 is 11.4 Å². The number of nitrogen functional groups attached to an aromatic ring is 1. The Labute approximate surface area is 166 Å². The third-order valence-corrected chi connectivity index (χ3v) is 5.63. The lowest BCUT2D eigenvalue weighted by Crippen LogP contribution is -2.45. The lowest BCUT2D eigenvalue weighted by Gasteiger charge is -2.38. The van der Waals surface area contributed by atoms with E-state index in [1.165, 1.54) is 29.3 Å². The number of anilines is 1. The molecule has 2 aromatic rings. The molecule has 1 saturated heterocycles. The molecule has 0 saturated carbocycles. The zero-order valence-corrected chi connectivity index (χ0v) is 16.5. The number of nitrogens with zero attached hydrogens (tertiary/aromatic N) is 1. The average molecular weight is 384 g/mol. The lowest BCUT2D eigenvalue weighted by molar-refractivity contribution is -0.0207. The molecule has 1 heterocycles. The molecular weight excluding hydrogens is 355 g/mol. The normalized spacial score (nSPS) is 16.8. The first-order valence-corrected chi connectivity index (χ1v) is 9.93. The Balaban J connectivity index is 1.43. The van der Waals surface area contributed by atoms with Crippen molar-refractivity contribution in [3.63, 3.8) is 0 Å². The minimum absolute atomic E-state index is 0.0506. The number of Topliss-reactive ketones (excluding diaryl/α,β-unsaturated/α-hetero) is 1. The molecule has 0 atom stereocenters. The molecule has 1 aliphatic rings. The molecule has 0 bridgehead atoms. The number of carbonyl (C=O) groups excluding carboxylic acids is 1. The Morgan fingerprint density at radius 2 is 1.86 bits per heavy atom. The third-order valence-electron chi connectivity index (χ3n) is 5.63. The van der Waals surface area contributed by atoms with E-state index in [-0.39, 0.29) is 11.5 Å². The third kappa shape index (κ3) is 5.40. The van der Waals surface area contributed by atoms with Gasteiger partial charge < -0.3 is 15.7 Å². The number of ketones is 1. The van der Waals surface area contributed by atoms with Gasteiger partial charge in [0, 0.05) is 37.2 Å². The van der Waals surface area contributed by atoms with Crippen LogP contribution in [-0.2, 0) is 6.42 Å². The largest absolute Gasteiger partial charge is 0.398 e. The van der Waals surface area contributed by atoms with Crippen molar-refractivity contribution >= 4 is 11.5 Å². The van der Waals surface area contributed by atoms with Gasteiger partial charge in [-0.2, -0.15) is 0 Å². The maximum atomic E-state index is 13.1. The number of rotatable bonds is 7. The Kier molecular flexibility index (Phi) is 6.47. The number of benzene rings is 2. The number of carbonyl (C=O) groups is 1. The van der Waals surface area contributed by atoms with Gasteiger partial charge in [0.05, 0.1) is 5.60 Å². The standard InChI is InChI=1S/C23H29FN2O2/c1-17-4-6-18(7-5-17)16-23(28)10-13-26(14-11-23)12-2-3-22(27)20-9-8-19(24)15-21(20)25/h4-9,15,28H,2-3,10-14,16,25H2,1H3. The van der Waals surface area contributed by atoms with E-state index in [1.807, 2.05) is 0 Å². The van der Waals surface area contributed by atoms with Crippen LogP contribution in [0.1, 0.15) is 47.2 Å². The fraction of sp³-hybridized carbons (Fsp3) is 0.435. The molecule has 1 fully saturated rings. The Morgan fingerprint density at radius 1 is 1.18 bits per heavy atom. The van der Waals surface area contributed by atoms with Crippen molar-refractivity contribution in [1.29, 1.82) is 0 Å². The highest BCUT2D eigenvalue weighted by atomic mass is 19.1. The van der Waals surface area contributed by atoms with Gasteiger partial charge in [0.25, 0.3) is 0 Å². The van der Waals surface area contributed by atoms with Gasteiger partial charge >= 0.3 is 0 Å². The molecule has 2 aromatic carbocycles. The molecule has 0 aliphatic carbocycles. The van der Waals surface area contributed by atoms with Crippen LogP contribution in [0, 0.1) is 12.7 Å². The van der Waals surface area contributed by atoms with Crippen LogP contribution in [0.25, 0.3) is 0 Å². The maximum absolute atomic E-state index is 13.1. The maximum Gasteiger partial charge on any atom is 0.164 e. The minimum Gasteiger partial charge on any atom is -0.398 e. The fourth-order valence-electron chi connectivity index (χ4n) is 3.84. The number of hydrogen-bond donors (Lipinski definition) is 2. The van der Waals surface area contributed by atoms with Crippen molar-refractivity contribution in [3.8, 4) is 0 Å². The van der Waals surface area contributed by atoms with E-state index >= 15 is 0 Å². The van der Waals surface area contributed by atoms with E-state index in [0.717, 1.165) is 38.9 Å². The van der Waals surface area contributed by atoms with Crippen molar-refractivity contribution < 1.29 is 14.3 Å². The zero-order valence-electron chi connectivity index (χ0n) is 16.5. The first-order valence-electron chi connectivity index (χ1n) is 9.93. The highest BCUT2D eigenvalue weighted by Crippen LogP contribution is 2.27. The van der Waals surface area contributed by atoms with E-state index in [0.29, 0.717) is 18.4 Å². The van der Waals surface area contributed by atoms with Crippen molar-refractivity contribution in [2.24, 2.45) is 0 Å². The first kappa shape index (κ1) is 20.5. The van der Waals surface area contributed by atoms with E-state index in [1.54, 1.807) is 0 Å². The van der Waals surface area contributed by atoms with Crippen LogP contribution in [0.2, 0.25) is 0 Å². The average Bonchev–Trinajstić information content (AvgIpc) is 2.65. The summed E-state index contributed by atoms with van der Waals surface area (Å²) in [4.78, 5) is 14.6. The predicted molar refractivity (Wildman–Crippen MR) is 110 cm³/mol. The number of nitrogens with two attached hydrogens (primary N) is 1. The van der Waals surface area contributed by atoms with Crippen LogP contribution in [0.5, 0.6) is 0 Å². The second-order valence-electron chi connectivity index (χ2n) is 7.99. The minimum atomic E-state index is -0.649. The summed E-state index contributed by atoms with van der Waals surface area (Å²) in [6.07, 6.45) is 3.27. The van der Waals surface area contributed by atoms with Crippen molar-refractivity contribution in [1.82, 2.24) is 4.90 Å². The summed E-state index contributed by atoms with van der Waals surface area (Å²) in [7, 11) is 0. The van der Waals surface area contributed by atoms with Gasteiger partial charge in [-0.05, 0) is 56.5 Å². The molecule has 4 nitrogen and oxygen atoms in total. The summed E-state index contributed by atoms with van der Waals surface area (Å²) in [6, 6.07) is 12.3. The van der Waals surface area contributed by atoms with Crippen LogP contribution in [0.15, 0.2) is 42.5 Å². The second kappa shape index (κ2) is 8.84. The van der Waals surface area contributed by atoms with Gasteiger partial charge in [-0.25, -0.2) is 4.39 Å². The van der Waals surface area contributed by atoms with E-state index in [4.69, 9.17) is 5.73 Å². The van der Waals surface area contributed by atoms with Crippen molar-refractivity contribution in [3.05, 3.63) is 65.0 Å². The molecule has 1 aliphatic heterocycles. The molecule has 28 heavy (non-hydrogen) atoms. The monoisotopic (exact) mass is 384 g/mol. The number of piperidine rings is 1. The molecule has 5 heteroatoms. The topological polar surface area (TPSA) is 66.6 Å². The quantitative estimate of drug-likeness (QED) is 0.564. The Morgan fingerprint density at radius 3 is 2.50 bits per heavy atom. The van der Waals surface area contributed by atoms with E-state index in [2.05, 4.69) is 36.1 Å². The molecule has 3 rings (SSSR count). The number of halogens is 1. The highest BCUT2D eigenvalue weighted by Gasteiger charge is 2.32. The molecular formula is C23H29FN2O2. The van der Waals surface area contributed by atoms with Crippen molar-refractivity contribution in [2.75, 3.05) is 25.4 Å². The molecule has 0 radical (unpaired) electrons. The molecule has 150 valence electrons. The van der Waals surface area contributed by atoms with Gasteiger partial charge in [0.2, 0.25) is 0 Å². The fourth-order valence-corrected chi connectivity index (χ4v) is 3.84. The molecule has 3 N–H and O–H groups in total. The molecule has 0 spiro atoms. The summed E-state index contributed by atoms with van der Waals surface area (Å²) in [5.41, 5.74) is 8.08. The summed E-state index contributed by atoms with van der Waals surface area (Å²) in [5.74, 6) is -0.481. The number of aliphatic hydroxyl groups is 1. The van der Waals surface area contributed by atoms with Gasteiger partial charge in [-0.3, -0.25) is 4.79 Å². The highest BCUT2D eigenvalue weighted by molar-refractivity contribution is 6.00. The van der Waals surface area contributed by atoms with E-state index in [9.17, 15) is 14.3 Å². The number of likely N-dealkylation sites (tertiary alicyclic amines) is 1. The summed E-state index contributed by atoms with van der Waals surface area (Å²) in [5, 5.41) is 10.9. The molecule has 0 aromatic heterocycles. The smallest absolute Gasteiger partial charge is 0.164 e. The van der Waals surface area contributed by atoms with Gasteiger partial charge in [0.1, 0.15) is 5.82 Å². The Bertz CT molecular complexity index is 812. The predicted octanol–water partition coefficient (Wildman–Crippen LogP) is 3.75. The zero-order chi connectivity index (χ0) is 20.1. The SMILES string of the molecule is Cc1ccc(CC2(O)CCN(CCCC(=O)c3ccc(F)cc3N)CC2)cc1. The lowest BCUT2D eigenvalue weighted by atomic mass is 9.85. The molecule has 0 unspecified atom stereocenters. The van der Waals surface area contributed by atoms with Gasteiger partial charge in [-0.15, -0.1) is 0 Å². The van der Waals surface area contributed by atoms with Gasteiger partial charge in [0.15, 0.2) is 5.78 Å². The van der Waals surface area contributed by atoms with Gasteiger partial charge in [-0.1, -0.05) is 29.8 Å². The van der Waals surface area contributed by atoms with Crippen LogP contribution >= 0.6 is 0 Å². The summed E-state index contributed by atoms with van der Waals surface area (Å²) < 4.78 is 13.1. The summed E-state index contributed by atoms with van der Waals surface area (Å²) >= 11 is 0.